The molecule has 0 radical (unpaired) electrons. The van der Waals surface area contributed by atoms with Crippen LogP contribution in [0.3, 0.4) is 0 Å². The number of morpholine rings is 1. The molecule has 0 saturated carbocycles. The van der Waals surface area contributed by atoms with Crippen LogP contribution in [-0.2, 0) is 11.2 Å². The average Bonchev–Trinajstić information content (AvgIpc) is 2.94. The minimum absolute atomic E-state index is 0.0449. The lowest BCUT2D eigenvalue weighted by Gasteiger charge is -2.23. The molecule has 1 saturated heterocycles. The fraction of sp³-hybridized carbons (Fsp3) is 0.500. The van der Waals surface area contributed by atoms with Gasteiger partial charge >= 0.3 is 0 Å². The normalized spacial score (nSPS) is 21.6. The van der Waals surface area contributed by atoms with Gasteiger partial charge in [0.2, 0.25) is 0 Å². The maximum atomic E-state index is 12.2. The monoisotopic (exact) mass is 262 g/mol. The summed E-state index contributed by atoms with van der Waals surface area (Å²) in [4.78, 5) is 12.2. The second-order valence-electron chi connectivity index (χ2n) is 4.79. The number of rotatable bonds is 3. The Hall–Kier alpha value is -1.59. The number of benzene rings is 1. The molecule has 102 valence electrons. The van der Waals surface area contributed by atoms with Crippen LogP contribution in [0.1, 0.15) is 15.9 Å². The number of ether oxygens (including phenoxy) is 2. The summed E-state index contributed by atoms with van der Waals surface area (Å²) in [5, 5.41) is 6.18. The summed E-state index contributed by atoms with van der Waals surface area (Å²) < 4.78 is 11.0. The highest BCUT2D eigenvalue weighted by molar-refractivity contribution is 5.96. The van der Waals surface area contributed by atoms with Crippen molar-refractivity contribution < 1.29 is 14.3 Å². The highest BCUT2D eigenvalue weighted by Crippen LogP contribution is 2.27. The quantitative estimate of drug-likeness (QED) is 0.824. The summed E-state index contributed by atoms with van der Waals surface area (Å²) in [5.74, 6) is 0.791. The summed E-state index contributed by atoms with van der Waals surface area (Å²) in [6.45, 7) is 3.57. The van der Waals surface area contributed by atoms with Gasteiger partial charge in [-0.1, -0.05) is 6.07 Å². The number of hydrogen-bond acceptors (Lipinski definition) is 4. The zero-order chi connectivity index (χ0) is 13.1. The van der Waals surface area contributed by atoms with Crippen molar-refractivity contribution >= 4 is 5.91 Å². The Bertz CT molecular complexity index is 470. The maximum Gasteiger partial charge on any atom is 0.251 e. The fourth-order valence-electron chi connectivity index (χ4n) is 2.49. The molecule has 5 heteroatoms. The molecule has 5 nitrogen and oxygen atoms in total. The molecule has 1 unspecified atom stereocenters. The van der Waals surface area contributed by atoms with Gasteiger partial charge in [0, 0.05) is 37.2 Å². The first-order valence-electron chi connectivity index (χ1n) is 6.70. The van der Waals surface area contributed by atoms with Gasteiger partial charge in [-0.15, -0.1) is 0 Å². The van der Waals surface area contributed by atoms with E-state index in [2.05, 4.69) is 10.6 Å². The molecule has 0 aromatic heterocycles. The van der Waals surface area contributed by atoms with Gasteiger partial charge in [0.25, 0.3) is 5.91 Å². The van der Waals surface area contributed by atoms with Gasteiger partial charge in [-0.05, 0) is 12.1 Å². The predicted octanol–water partition coefficient (Wildman–Crippen LogP) is 0.340. The van der Waals surface area contributed by atoms with E-state index in [4.69, 9.17) is 9.47 Å². The van der Waals surface area contributed by atoms with Gasteiger partial charge < -0.3 is 20.1 Å². The molecule has 1 aromatic rings. The van der Waals surface area contributed by atoms with Crippen molar-refractivity contribution in [3.63, 3.8) is 0 Å². The topological polar surface area (TPSA) is 59.6 Å². The van der Waals surface area contributed by atoms with Crippen molar-refractivity contribution in [2.24, 2.45) is 0 Å². The minimum Gasteiger partial charge on any atom is -0.493 e. The Morgan fingerprint density at radius 3 is 3.21 bits per heavy atom. The highest BCUT2D eigenvalue weighted by atomic mass is 16.5. The number of carbonyl (C=O) groups is 1. The predicted molar refractivity (Wildman–Crippen MR) is 70.6 cm³/mol. The molecule has 19 heavy (non-hydrogen) atoms. The van der Waals surface area contributed by atoms with Crippen LogP contribution < -0.4 is 15.4 Å². The second-order valence-corrected chi connectivity index (χ2v) is 4.79. The number of amides is 1. The SMILES string of the molecule is O=C(NCC1CNCCO1)c1cccc2c1CCO2. The van der Waals surface area contributed by atoms with E-state index in [1.807, 2.05) is 18.2 Å². The zero-order valence-corrected chi connectivity index (χ0v) is 10.8. The smallest absolute Gasteiger partial charge is 0.251 e. The van der Waals surface area contributed by atoms with Crippen LogP contribution in [0.15, 0.2) is 18.2 Å². The van der Waals surface area contributed by atoms with Crippen molar-refractivity contribution in [1.29, 1.82) is 0 Å². The van der Waals surface area contributed by atoms with Crippen molar-refractivity contribution in [3.05, 3.63) is 29.3 Å². The molecule has 3 rings (SSSR count). The Labute approximate surface area is 112 Å². The average molecular weight is 262 g/mol. The Morgan fingerprint density at radius 2 is 2.37 bits per heavy atom. The fourth-order valence-corrected chi connectivity index (χ4v) is 2.49. The molecule has 0 spiro atoms. The Balaban J connectivity index is 1.62. The third kappa shape index (κ3) is 2.72. The molecular weight excluding hydrogens is 244 g/mol. The van der Waals surface area contributed by atoms with E-state index in [9.17, 15) is 4.79 Å². The minimum atomic E-state index is -0.0449. The molecule has 1 fully saturated rings. The first-order valence-corrected chi connectivity index (χ1v) is 6.70. The van der Waals surface area contributed by atoms with Gasteiger partial charge in [-0.3, -0.25) is 4.79 Å². The molecule has 0 bridgehead atoms. The van der Waals surface area contributed by atoms with Crippen LogP contribution in [0.4, 0.5) is 0 Å². The van der Waals surface area contributed by atoms with E-state index < -0.39 is 0 Å². The third-order valence-corrected chi connectivity index (χ3v) is 3.48. The molecular formula is C14H18N2O3. The van der Waals surface area contributed by atoms with E-state index in [-0.39, 0.29) is 12.0 Å². The van der Waals surface area contributed by atoms with Crippen LogP contribution in [0.5, 0.6) is 5.75 Å². The van der Waals surface area contributed by atoms with Crippen LogP contribution >= 0.6 is 0 Å². The molecule has 2 aliphatic heterocycles. The Morgan fingerprint density at radius 1 is 1.42 bits per heavy atom. The van der Waals surface area contributed by atoms with Crippen molar-refractivity contribution in [3.8, 4) is 5.75 Å². The second kappa shape index (κ2) is 5.59. The van der Waals surface area contributed by atoms with E-state index >= 15 is 0 Å². The molecule has 1 atom stereocenters. The zero-order valence-electron chi connectivity index (χ0n) is 10.8. The van der Waals surface area contributed by atoms with Gasteiger partial charge in [0.15, 0.2) is 0 Å². The van der Waals surface area contributed by atoms with Gasteiger partial charge in [-0.25, -0.2) is 0 Å². The summed E-state index contributed by atoms with van der Waals surface area (Å²) in [6, 6.07) is 5.62. The van der Waals surface area contributed by atoms with Gasteiger partial charge in [0.1, 0.15) is 5.75 Å². The molecule has 2 heterocycles. The van der Waals surface area contributed by atoms with E-state index in [1.165, 1.54) is 0 Å². The molecule has 0 aliphatic carbocycles. The Kier molecular flexibility index (Phi) is 3.66. The number of hydrogen-bond donors (Lipinski definition) is 2. The largest absolute Gasteiger partial charge is 0.493 e. The molecule has 1 amide bonds. The van der Waals surface area contributed by atoms with Gasteiger partial charge in [-0.2, -0.15) is 0 Å². The van der Waals surface area contributed by atoms with Crippen LogP contribution in [0.25, 0.3) is 0 Å². The lowest BCUT2D eigenvalue weighted by atomic mass is 10.0. The maximum absolute atomic E-state index is 12.2. The van der Waals surface area contributed by atoms with Crippen molar-refractivity contribution in [1.82, 2.24) is 10.6 Å². The third-order valence-electron chi connectivity index (χ3n) is 3.48. The van der Waals surface area contributed by atoms with Crippen LogP contribution in [-0.4, -0.2) is 44.9 Å². The standard InChI is InChI=1S/C14H18N2O3/c17-14(16-9-10-8-15-5-7-18-10)12-2-1-3-13-11(12)4-6-19-13/h1-3,10,15H,4-9H2,(H,16,17). The summed E-state index contributed by atoms with van der Waals surface area (Å²) in [5.41, 5.74) is 1.74. The summed E-state index contributed by atoms with van der Waals surface area (Å²) in [7, 11) is 0. The highest BCUT2D eigenvalue weighted by Gasteiger charge is 2.21. The molecule has 1 aromatic carbocycles. The van der Waals surface area contributed by atoms with E-state index in [1.54, 1.807) is 0 Å². The number of carbonyl (C=O) groups excluding carboxylic acids is 1. The van der Waals surface area contributed by atoms with E-state index in [0.29, 0.717) is 19.8 Å². The van der Waals surface area contributed by atoms with Crippen LogP contribution in [0.2, 0.25) is 0 Å². The number of nitrogens with one attached hydrogen (secondary N) is 2. The van der Waals surface area contributed by atoms with Gasteiger partial charge in [0.05, 0.1) is 19.3 Å². The summed E-state index contributed by atoms with van der Waals surface area (Å²) >= 11 is 0. The van der Waals surface area contributed by atoms with Crippen LogP contribution in [0, 0.1) is 0 Å². The lowest BCUT2D eigenvalue weighted by molar-refractivity contribution is 0.0287. The lowest BCUT2D eigenvalue weighted by Crippen LogP contribution is -2.45. The van der Waals surface area contributed by atoms with E-state index in [0.717, 1.165) is 36.4 Å². The van der Waals surface area contributed by atoms with Crippen molar-refractivity contribution in [2.45, 2.75) is 12.5 Å². The first-order chi connectivity index (χ1) is 9.34. The first kappa shape index (κ1) is 12.4. The summed E-state index contributed by atoms with van der Waals surface area (Å²) in [6.07, 6.45) is 0.867. The molecule has 2 aliphatic rings. The van der Waals surface area contributed by atoms with Crippen molar-refractivity contribution in [2.75, 3.05) is 32.8 Å². The number of fused-ring (bicyclic) bond motifs is 1. The molecule has 2 N–H and O–H groups in total.